The van der Waals surface area contributed by atoms with Crippen molar-refractivity contribution < 1.29 is 0 Å². The van der Waals surface area contributed by atoms with E-state index >= 15 is 0 Å². The molecule has 2 saturated carbocycles. The van der Waals surface area contributed by atoms with Gasteiger partial charge in [-0.05, 0) is 45.1 Å². The molecule has 2 aliphatic carbocycles. The van der Waals surface area contributed by atoms with E-state index in [9.17, 15) is 0 Å². The maximum Gasteiger partial charge on any atom is 0.0224 e. The van der Waals surface area contributed by atoms with Crippen LogP contribution in [0.15, 0.2) is 0 Å². The van der Waals surface area contributed by atoms with Crippen molar-refractivity contribution in [3.8, 4) is 0 Å². The van der Waals surface area contributed by atoms with Gasteiger partial charge in [0.2, 0.25) is 0 Å². The van der Waals surface area contributed by atoms with Gasteiger partial charge in [0.15, 0.2) is 0 Å². The van der Waals surface area contributed by atoms with Crippen molar-refractivity contribution in [3.05, 3.63) is 0 Å². The van der Waals surface area contributed by atoms with Gasteiger partial charge < -0.3 is 5.32 Å². The van der Waals surface area contributed by atoms with Crippen LogP contribution in [-0.4, -0.2) is 36.1 Å². The molecule has 0 aromatic carbocycles. The monoisotopic (exact) mass is 236 g/mol. The van der Waals surface area contributed by atoms with Gasteiger partial charge in [0, 0.05) is 24.7 Å². The van der Waals surface area contributed by atoms with Gasteiger partial charge in [-0.1, -0.05) is 25.7 Å². The largest absolute Gasteiger partial charge is 0.312 e. The highest BCUT2D eigenvalue weighted by Gasteiger charge is 2.32. The van der Waals surface area contributed by atoms with E-state index in [4.69, 9.17) is 0 Å². The molecule has 3 aliphatic rings. The Morgan fingerprint density at radius 2 is 1.59 bits per heavy atom. The lowest BCUT2D eigenvalue weighted by molar-refractivity contribution is 0.160. The summed E-state index contributed by atoms with van der Waals surface area (Å²) in [6, 6.07) is 2.66. The molecule has 2 nitrogen and oxygen atoms in total. The Hall–Kier alpha value is -0.0800. The topological polar surface area (TPSA) is 15.3 Å². The van der Waals surface area contributed by atoms with E-state index < -0.39 is 0 Å². The molecule has 1 aliphatic heterocycles. The first kappa shape index (κ1) is 12.0. The fraction of sp³-hybridized carbons (Fsp3) is 1.00. The van der Waals surface area contributed by atoms with Crippen LogP contribution in [0.25, 0.3) is 0 Å². The molecule has 17 heavy (non-hydrogen) atoms. The average molecular weight is 236 g/mol. The highest BCUT2D eigenvalue weighted by Crippen LogP contribution is 2.29. The van der Waals surface area contributed by atoms with Crippen molar-refractivity contribution in [1.82, 2.24) is 10.2 Å². The average Bonchev–Trinajstić information content (AvgIpc) is 3.11. The van der Waals surface area contributed by atoms with Crippen molar-refractivity contribution in [3.63, 3.8) is 0 Å². The zero-order valence-corrected chi connectivity index (χ0v) is 11.2. The molecule has 3 fully saturated rings. The zero-order valence-electron chi connectivity index (χ0n) is 11.2. The van der Waals surface area contributed by atoms with Gasteiger partial charge in [0.25, 0.3) is 0 Å². The van der Waals surface area contributed by atoms with Crippen molar-refractivity contribution >= 4 is 0 Å². The van der Waals surface area contributed by atoms with Crippen LogP contribution in [0, 0.1) is 0 Å². The Balaban J connectivity index is 1.51. The number of nitrogens with zero attached hydrogens (tertiary/aromatic N) is 1. The second kappa shape index (κ2) is 5.71. The normalized spacial score (nSPS) is 32.8. The minimum Gasteiger partial charge on any atom is -0.312 e. The van der Waals surface area contributed by atoms with Crippen LogP contribution < -0.4 is 5.32 Å². The fourth-order valence-electron chi connectivity index (χ4n) is 3.74. The summed E-state index contributed by atoms with van der Waals surface area (Å²) in [7, 11) is 0. The van der Waals surface area contributed by atoms with E-state index in [1.807, 2.05) is 0 Å². The summed E-state index contributed by atoms with van der Waals surface area (Å²) in [5, 5.41) is 3.74. The molecule has 98 valence electrons. The minimum atomic E-state index is 0.860. The Morgan fingerprint density at radius 1 is 0.824 bits per heavy atom. The molecule has 1 heterocycles. The maximum absolute atomic E-state index is 3.74. The van der Waals surface area contributed by atoms with Crippen LogP contribution in [-0.2, 0) is 0 Å². The lowest BCUT2D eigenvalue weighted by atomic mass is 10.1. The van der Waals surface area contributed by atoms with E-state index in [-0.39, 0.29) is 0 Å². The van der Waals surface area contributed by atoms with Gasteiger partial charge in [-0.3, -0.25) is 4.90 Å². The predicted molar refractivity (Wildman–Crippen MR) is 72.2 cm³/mol. The lowest BCUT2D eigenvalue weighted by Crippen LogP contribution is -2.44. The van der Waals surface area contributed by atoms with Crippen LogP contribution in [0.4, 0.5) is 0 Å². The molecule has 0 radical (unpaired) electrons. The summed E-state index contributed by atoms with van der Waals surface area (Å²) in [6.45, 7) is 2.64. The zero-order chi connectivity index (χ0) is 11.5. The molecular formula is C15H28N2. The van der Waals surface area contributed by atoms with Gasteiger partial charge in [-0.15, -0.1) is 0 Å². The first-order chi connectivity index (χ1) is 8.43. The summed E-state index contributed by atoms with van der Waals surface area (Å²) in [4.78, 5) is 2.86. The summed E-state index contributed by atoms with van der Waals surface area (Å²) in [5.74, 6) is 0. The molecule has 0 aromatic heterocycles. The number of nitrogens with one attached hydrogen (secondary N) is 1. The molecule has 0 amide bonds. The first-order valence-electron chi connectivity index (χ1n) is 7.92. The number of hydrogen-bond donors (Lipinski definition) is 1. The van der Waals surface area contributed by atoms with Crippen LogP contribution in [0.2, 0.25) is 0 Å². The van der Waals surface area contributed by atoms with Gasteiger partial charge >= 0.3 is 0 Å². The summed E-state index contributed by atoms with van der Waals surface area (Å²) in [5.41, 5.74) is 0. The van der Waals surface area contributed by atoms with Crippen LogP contribution in [0.5, 0.6) is 0 Å². The minimum absolute atomic E-state index is 0.860. The Morgan fingerprint density at radius 3 is 2.29 bits per heavy atom. The highest BCUT2D eigenvalue weighted by molar-refractivity contribution is 4.90. The Kier molecular flexibility index (Phi) is 4.02. The van der Waals surface area contributed by atoms with E-state index in [2.05, 4.69) is 10.2 Å². The van der Waals surface area contributed by atoms with Crippen LogP contribution in [0.3, 0.4) is 0 Å². The molecule has 0 spiro atoms. The SMILES string of the molecule is C1CCCC(N2CCCC2CNC2CC2)CC1. The fourth-order valence-corrected chi connectivity index (χ4v) is 3.74. The number of rotatable bonds is 4. The third-order valence-corrected chi connectivity index (χ3v) is 4.94. The molecule has 1 unspecified atom stereocenters. The molecule has 1 saturated heterocycles. The lowest BCUT2D eigenvalue weighted by Gasteiger charge is -2.32. The van der Waals surface area contributed by atoms with Gasteiger partial charge in [-0.25, -0.2) is 0 Å². The van der Waals surface area contributed by atoms with Gasteiger partial charge in [-0.2, -0.15) is 0 Å². The quantitative estimate of drug-likeness (QED) is 0.755. The standard InChI is InChI=1S/C15H28N2/c1-2-4-7-14(6-3-1)17-11-5-8-15(17)12-16-13-9-10-13/h13-16H,1-12H2. The van der Waals surface area contributed by atoms with Crippen molar-refractivity contribution in [1.29, 1.82) is 0 Å². The third-order valence-electron chi connectivity index (χ3n) is 4.94. The molecule has 1 atom stereocenters. The van der Waals surface area contributed by atoms with Crippen molar-refractivity contribution in [2.75, 3.05) is 13.1 Å². The number of likely N-dealkylation sites (tertiary alicyclic amines) is 1. The summed E-state index contributed by atoms with van der Waals surface area (Å²) >= 11 is 0. The summed E-state index contributed by atoms with van der Waals surface area (Å²) in [6.07, 6.45) is 14.6. The molecular weight excluding hydrogens is 208 g/mol. The molecule has 2 heteroatoms. The smallest absolute Gasteiger partial charge is 0.0224 e. The van der Waals surface area contributed by atoms with E-state index in [0.29, 0.717) is 0 Å². The predicted octanol–water partition coefficient (Wildman–Crippen LogP) is 2.93. The Bertz CT molecular complexity index is 229. The van der Waals surface area contributed by atoms with Crippen molar-refractivity contribution in [2.24, 2.45) is 0 Å². The molecule has 0 bridgehead atoms. The molecule has 0 aromatic rings. The van der Waals surface area contributed by atoms with E-state index in [1.54, 1.807) is 0 Å². The van der Waals surface area contributed by atoms with E-state index in [0.717, 1.165) is 18.1 Å². The maximum atomic E-state index is 3.74. The third kappa shape index (κ3) is 3.23. The summed E-state index contributed by atoms with van der Waals surface area (Å²) < 4.78 is 0. The molecule has 1 N–H and O–H groups in total. The first-order valence-corrected chi connectivity index (χ1v) is 7.92. The van der Waals surface area contributed by atoms with Crippen LogP contribution in [0.1, 0.15) is 64.2 Å². The van der Waals surface area contributed by atoms with Gasteiger partial charge in [0.1, 0.15) is 0 Å². The Labute approximate surface area is 106 Å². The molecule has 3 rings (SSSR count). The second-order valence-corrected chi connectivity index (χ2v) is 6.36. The highest BCUT2D eigenvalue weighted by atomic mass is 15.2. The van der Waals surface area contributed by atoms with E-state index in [1.165, 1.54) is 77.3 Å². The van der Waals surface area contributed by atoms with Crippen molar-refractivity contribution in [2.45, 2.75) is 82.3 Å². The van der Waals surface area contributed by atoms with Gasteiger partial charge in [0.05, 0.1) is 0 Å². The number of hydrogen-bond acceptors (Lipinski definition) is 2. The second-order valence-electron chi connectivity index (χ2n) is 6.36. The van der Waals surface area contributed by atoms with Crippen LogP contribution >= 0.6 is 0 Å².